The first-order valence-electron chi connectivity index (χ1n) is 6.09. The first kappa shape index (κ1) is 16.6. The lowest BCUT2D eigenvalue weighted by Gasteiger charge is -2.12. The fourth-order valence-corrected chi connectivity index (χ4v) is 1.49. The van der Waals surface area contributed by atoms with Gasteiger partial charge in [-0.25, -0.2) is 0 Å². The van der Waals surface area contributed by atoms with E-state index < -0.39 is 17.6 Å². The molecule has 0 bridgehead atoms. The summed E-state index contributed by atoms with van der Waals surface area (Å²) < 4.78 is 38.3. The van der Waals surface area contributed by atoms with Gasteiger partial charge in [0.25, 0.3) is 5.91 Å². The van der Waals surface area contributed by atoms with Gasteiger partial charge in [0.05, 0.1) is 11.3 Å². The molecular formula is C14H14F3N3O. The molecule has 0 saturated heterocycles. The lowest BCUT2D eigenvalue weighted by atomic mass is 10.1. The average molecular weight is 297 g/mol. The van der Waals surface area contributed by atoms with Gasteiger partial charge in [0.1, 0.15) is 11.6 Å². The zero-order valence-corrected chi connectivity index (χ0v) is 11.5. The first-order valence-corrected chi connectivity index (χ1v) is 6.09. The summed E-state index contributed by atoms with van der Waals surface area (Å²) >= 11 is 0. The molecule has 0 aliphatic carbocycles. The molecule has 1 rings (SSSR count). The van der Waals surface area contributed by atoms with Crippen molar-refractivity contribution < 1.29 is 18.0 Å². The van der Waals surface area contributed by atoms with Gasteiger partial charge in [0.15, 0.2) is 0 Å². The van der Waals surface area contributed by atoms with E-state index >= 15 is 0 Å². The third-order valence-electron chi connectivity index (χ3n) is 2.39. The Kier molecular flexibility index (Phi) is 5.36. The van der Waals surface area contributed by atoms with E-state index in [9.17, 15) is 18.0 Å². The molecule has 0 heterocycles. The Labute approximate surface area is 120 Å². The Morgan fingerprint density at radius 2 is 1.95 bits per heavy atom. The summed E-state index contributed by atoms with van der Waals surface area (Å²) in [5, 5.41) is 13.7. The predicted molar refractivity (Wildman–Crippen MR) is 72.0 cm³/mol. The third kappa shape index (κ3) is 4.84. The van der Waals surface area contributed by atoms with Crippen LogP contribution in [0, 0.1) is 11.3 Å². The highest BCUT2D eigenvalue weighted by molar-refractivity contribution is 5.97. The van der Waals surface area contributed by atoms with Crippen molar-refractivity contribution >= 4 is 11.6 Å². The molecule has 0 aromatic heterocycles. The van der Waals surface area contributed by atoms with Gasteiger partial charge in [-0.2, -0.15) is 18.4 Å². The molecule has 2 N–H and O–H groups in total. The van der Waals surface area contributed by atoms with Crippen LogP contribution in [-0.4, -0.2) is 11.9 Å². The monoisotopic (exact) mass is 297 g/mol. The van der Waals surface area contributed by atoms with Crippen LogP contribution in [0.25, 0.3) is 0 Å². The molecule has 7 heteroatoms. The van der Waals surface area contributed by atoms with Crippen molar-refractivity contribution in [1.29, 1.82) is 5.26 Å². The van der Waals surface area contributed by atoms with Gasteiger partial charge < -0.3 is 10.6 Å². The van der Waals surface area contributed by atoms with Gasteiger partial charge in [-0.05, 0) is 26.0 Å². The molecule has 0 aliphatic heterocycles. The number of carbonyl (C=O) groups excluding carboxylic acids is 1. The topological polar surface area (TPSA) is 64.9 Å². The van der Waals surface area contributed by atoms with Crippen molar-refractivity contribution in [3.63, 3.8) is 0 Å². The van der Waals surface area contributed by atoms with Crippen molar-refractivity contribution in [3.8, 4) is 6.07 Å². The first-order chi connectivity index (χ1) is 9.75. The number of carbonyl (C=O) groups is 1. The molecule has 21 heavy (non-hydrogen) atoms. The molecule has 0 atom stereocenters. The summed E-state index contributed by atoms with van der Waals surface area (Å²) in [5.41, 5.74) is -1.40. The third-order valence-corrected chi connectivity index (χ3v) is 2.39. The van der Waals surface area contributed by atoms with Crippen LogP contribution >= 0.6 is 0 Å². The Morgan fingerprint density at radius 3 is 2.48 bits per heavy atom. The second-order valence-electron chi connectivity index (χ2n) is 4.49. The van der Waals surface area contributed by atoms with Gasteiger partial charge in [0, 0.05) is 12.2 Å². The molecular weight excluding hydrogens is 283 g/mol. The summed E-state index contributed by atoms with van der Waals surface area (Å²) in [6.45, 7) is 3.42. The van der Waals surface area contributed by atoms with Crippen LogP contribution in [0.5, 0.6) is 0 Å². The Hall–Kier alpha value is -2.49. The number of rotatable bonds is 4. The Balaban J connectivity index is 2.99. The summed E-state index contributed by atoms with van der Waals surface area (Å²) in [6.07, 6.45) is -3.56. The minimum atomic E-state index is -4.52. The van der Waals surface area contributed by atoms with E-state index in [0.717, 1.165) is 12.3 Å². The molecule has 0 fully saturated rings. The number of halogens is 3. The minimum absolute atomic E-state index is 0.184. The van der Waals surface area contributed by atoms with Crippen LogP contribution in [0.2, 0.25) is 0 Å². The van der Waals surface area contributed by atoms with Crippen LogP contribution in [0.3, 0.4) is 0 Å². The van der Waals surface area contributed by atoms with E-state index in [1.807, 2.05) is 0 Å². The lowest BCUT2D eigenvalue weighted by molar-refractivity contribution is -0.136. The van der Waals surface area contributed by atoms with Crippen LogP contribution in [-0.2, 0) is 11.0 Å². The van der Waals surface area contributed by atoms with Crippen LogP contribution in [0.4, 0.5) is 18.9 Å². The number of hydrogen-bond acceptors (Lipinski definition) is 3. The fourth-order valence-electron chi connectivity index (χ4n) is 1.49. The number of nitrogens with one attached hydrogen (secondary N) is 2. The van der Waals surface area contributed by atoms with Crippen molar-refractivity contribution in [2.24, 2.45) is 0 Å². The average Bonchev–Trinajstić information content (AvgIpc) is 2.38. The number of benzene rings is 1. The zero-order chi connectivity index (χ0) is 16.0. The maximum atomic E-state index is 12.8. The van der Waals surface area contributed by atoms with Crippen LogP contribution in [0.15, 0.2) is 36.0 Å². The van der Waals surface area contributed by atoms with Crippen molar-refractivity contribution in [2.75, 3.05) is 5.32 Å². The van der Waals surface area contributed by atoms with Gasteiger partial charge >= 0.3 is 6.18 Å². The van der Waals surface area contributed by atoms with Gasteiger partial charge in [-0.1, -0.05) is 12.1 Å². The molecule has 0 spiro atoms. The largest absolute Gasteiger partial charge is 0.418 e. The van der Waals surface area contributed by atoms with Crippen molar-refractivity contribution in [2.45, 2.75) is 26.1 Å². The molecule has 0 saturated carbocycles. The Bertz CT molecular complexity index is 586. The van der Waals surface area contributed by atoms with E-state index in [-0.39, 0.29) is 17.3 Å². The number of amides is 1. The van der Waals surface area contributed by atoms with E-state index in [1.165, 1.54) is 18.2 Å². The highest BCUT2D eigenvalue weighted by Gasteiger charge is 2.33. The normalized spacial score (nSPS) is 12.0. The minimum Gasteiger partial charge on any atom is -0.360 e. The molecule has 4 nitrogen and oxygen atoms in total. The molecule has 1 aromatic carbocycles. The maximum Gasteiger partial charge on any atom is 0.418 e. The number of para-hydroxylation sites is 1. The summed E-state index contributed by atoms with van der Waals surface area (Å²) in [7, 11) is 0. The zero-order valence-electron chi connectivity index (χ0n) is 11.5. The van der Waals surface area contributed by atoms with E-state index in [1.54, 1.807) is 19.9 Å². The molecule has 112 valence electrons. The summed E-state index contributed by atoms with van der Waals surface area (Å²) in [5.74, 6) is -0.649. The summed E-state index contributed by atoms with van der Waals surface area (Å²) in [4.78, 5) is 11.6. The number of anilines is 1. The number of alkyl halides is 3. The van der Waals surface area contributed by atoms with Gasteiger partial charge in [0.2, 0.25) is 0 Å². The molecule has 1 amide bonds. The molecule has 0 aliphatic rings. The fraction of sp³-hybridized carbons (Fsp3) is 0.286. The second kappa shape index (κ2) is 6.79. The van der Waals surface area contributed by atoms with Crippen LogP contribution in [0.1, 0.15) is 19.4 Å². The van der Waals surface area contributed by atoms with E-state index in [4.69, 9.17) is 5.26 Å². The predicted octanol–water partition coefficient (Wildman–Crippen LogP) is 3.05. The summed E-state index contributed by atoms with van der Waals surface area (Å²) in [6, 6.07) is 6.27. The second-order valence-corrected chi connectivity index (χ2v) is 4.49. The van der Waals surface area contributed by atoms with Crippen molar-refractivity contribution in [1.82, 2.24) is 5.32 Å². The molecule has 0 unspecified atom stereocenters. The molecule has 0 radical (unpaired) electrons. The van der Waals surface area contributed by atoms with E-state index in [0.29, 0.717) is 0 Å². The van der Waals surface area contributed by atoms with Gasteiger partial charge in [-0.15, -0.1) is 0 Å². The van der Waals surface area contributed by atoms with E-state index in [2.05, 4.69) is 10.6 Å². The maximum absolute atomic E-state index is 12.8. The van der Waals surface area contributed by atoms with Crippen LogP contribution < -0.4 is 10.6 Å². The highest BCUT2D eigenvalue weighted by Crippen LogP contribution is 2.34. The number of hydrogen-bond donors (Lipinski definition) is 2. The molecule has 1 aromatic rings. The number of nitriles is 1. The standard InChI is InChI=1S/C14H14F3N3O/c1-9(2)20-13(21)10(7-18)8-19-12-6-4-3-5-11(12)14(15,16)17/h3-6,8-9,19H,1-2H3,(H,20,21)/b10-8-. The van der Waals surface area contributed by atoms with Gasteiger partial charge in [-0.3, -0.25) is 4.79 Å². The number of nitrogens with zero attached hydrogens (tertiary/aromatic N) is 1. The quantitative estimate of drug-likeness (QED) is 0.663. The smallest absolute Gasteiger partial charge is 0.360 e. The SMILES string of the molecule is CC(C)NC(=O)/C(C#N)=C\Nc1ccccc1C(F)(F)F. The highest BCUT2D eigenvalue weighted by atomic mass is 19.4. The Morgan fingerprint density at radius 1 is 1.33 bits per heavy atom. The van der Waals surface area contributed by atoms with Crippen molar-refractivity contribution in [3.05, 3.63) is 41.6 Å². The lowest BCUT2D eigenvalue weighted by Crippen LogP contribution is -2.31.